The average molecular weight is 987 g/mol. The van der Waals surface area contributed by atoms with Crippen LogP contribution in [-0.4, -0.2) is 79.3 Å². The van der Waals surface area contributed by atoms with Crippen molar-refractivity contribution in [3.05, 3.63) is 155 Å². The fraction of sp³-hybridized carbons (Fsp3) is 0.346. The summed E-state index contributed by atoms with van der Waals surface area (Å²) in [6.07, 6.45) is 6.65. The van der Waals surface area contributed by atoms with E-state index in [1.165, 1.54) is 9.13 Å². The van der Waals surface area contributed by atoms with Crippen LogP contribution in [0.2, 0.25) is 0 Å². The largest absolute Gasteiger partial charge is 0.443 e. The van der Waals surface area contributed by atoms with Gasteiger partial charge in [-0.3, -0.25) is 18.5 Å². The summed E-state index contributed by atoms with van der Waals surface area (Å²) in [6.45, 7) is 15.4. The fourth-order valence-electron chi connectivity index (χ4n) is 8.42. The number of sulfone groups is 2. The van der Waals surface area contributed by atoms with Crippen LogP contribution in [0.1, 0.15) is 98.5 Å². The van der Waals surface area contributed by atoms with E-state index in [2.05, 4.69) is 20.6 Å². The number of aryl methyl sites for hydroxylation is 4. The van der Waals surface area contributed by atoms with Crippen molar-refractivity contribution in [3.63, 3.8) is 0 Å². The third-order valence-corrected chi connectivity index (χ3v) is 16.0. The maximum atomic E-state index is 14.6. The number of carbonyl (C=O) groups excluding carboxylic acids is 2. The van der Waals surface area contributed by atoms with Gasteiger partial charge in [-0.15, -0.1) is 10.2 Å². The molecule has 366 valence electrons. The minimum atomic E-state index is -4.03. The quantitative estimate of drug-likeness (QED) is 0.0885. The molecule has 2 unspecified atom stereocenters. The first-order chi connectivity index (χ1) is 33.1. The molecular formula is C52H58N8O8S2. The lowest BCUT2D eigenvalue weighted by Crippen LogP contribution is -2.26. The summed E-state index contributed by atoms with van der Waals surface area (Å²) >= 11 is 0. The molecule has 2 atom stereocenters. The summed E-state index contributed by atoms with van der Waals surface area (Å²) in [7, 11) is -8.05. The van der Waals surface area contributed by atoms with E-state index in [9.17, 15) is 26.4 Å². The zero-order valence-corrected chi connectivity index (χ0v) is 42.2. The van der Waals surface area contributed by atoms with Crippen molar-refractivity contribution < 1.29 is 35.9 Å². The second-order valence-corrected chi connectivity index (χ2v) is 23.9. The Kier molecular flexibility index (Phi) is 13.8. The molecule has 18 heteroatoms. The third kappa shape index (κ3) is 10.9. The maximum absolute atomic E-state index is 14.6. The highest BCUT2D eigenvalue weighted by molar-refractivity contribution is 7.92. The summed E-state index contributed by atoms with van der Waals surface area (Å²) in [6, 6.07) is 27.7. The number of fused-ring (bicyclic) bond motifs is 2. The lowest BCUT2D eigenvalue weighted by atomic mass is 10.1. The summed E-state index contributed by atoms with van der Waals surface area (Å²) in [5.41, 5.74) is 3.12. The van der Waals surface area contributed by atoms with E-state index in [1.54, 1.807) is 173 Å². The molecular weight excluding hydrogens is 929 g/mol. The minimum Gasteiger partial charge on any atom is -0.443 e. The number of nitrogens with zero attached hydrogens (tertiary/aromatic N) is 8. The molecule has 4 heterocycles. The predicted octanol–water partition coefficient (Wildman–Crippen LogP) is 9.96. The van der Waals surface area contributed by atoms with E-state index in [0.717, 1.165) is 11.1 Å². The van der Waals surface area contributed by atoms with Crippen LogP contribution < -0.4 is 0 Å². The number of para-hydroxylation sites is 2. The molecule has 16 nitrogen and oxygen atoms in total. The lowest BCUT2D eigenvalue weighted by molar-refractivity contribution is 0.0533. The van der Waals surface area contributed by atoms with Crippen LogP contribution in [0, 0.1) is 13.8 Å². The van der Waals surface area contributed by atoms with E-state index in [4.69, 9.17) is 9.47 Å². The van der Waals surface area contributed by atoms with Gasteiger partial charge < -0.3 is 9.47 Å². The first kappa shape index (κ1) is 49.5. The van der Waals surface area contributed by atoms with Gasteiger partial charge in [-0.25, -0.2) is 26.4 Å². The lowest BCUT2D eigenvalue weighted by Gasteiger charge is -2.20. The topological polar surface area (TPSA) is 192 Å². The van der Waals surface area contributed by atoms with Gasteiger partial charge in [-0.05, 0) is 116 Å². The highest BCUT2D eigenvalue weighted by Crippen LogP contribution is 2.39. The Labute approximate surface area is 408 Å². The summed E-state index contributed by atoms with van der Waals surface area (Å²) in [4.78, 5) is 27.2. The molecule has 0 aliphatic rings. The molecule has 0 saturated heterocycles. The zero-order valence-electron chi connectivity index (χ0n) is 40.6. The van der Waals surface area contributed by atoms with Crippen LogP contribution in [0.5, 0.6) is 0 Å². The SMILES string of the molecule is Cc1ccc(S(=O)(=O)C(Cc2cn(CCCCn3cc(CC(c4cn(C(=O)OC(C)(C)C)c5ccccc45)S(=O)(=O)c4ccc(C)cc4)nn3)nn2)c2cn(C(=O)OC(C)(C)C)c3ccccc23)cc1. The van der Waals surface area contributed by atoms with Crippen molar-refractivity contribution in [1.82, 2.24) is 39.1 Å². The van der Waals surface area contributed by atoms with Gasteiger partial charge in [0.25, 0.3) is 0 Å². The Bertz CT molecular complexity index is 3180. The van der Waals surface area contributed by atoms with Crippen LogP contribution in [0.4, 0.5) is 9.59 Å². The molecule has 0 saturated carbocycles. The molecule has 70 heavy (non-hydrogen) atoms. The Morgan fingerprint density at radius 1 is 0.529 bits per heavy atom. The molecule has 0 amide bonds. The van der Waals surface area contributed by atoms with E-state index in [1.807, 2.05) is 13.8 Å². The maximum Gasteiger partial charge on any atom is 0.419 e. The number of aromatic nitrogens is 8. The summed E-state index contributed by atoms with van der Waals surface area (Å²) in [5.74, 6) is 0. The van der Waals surface area contributed by atoms with E-state index in [-0.39, 0.29) is 22.6 Å². The molecule has 0 aliphatic carbocycles. The molecule has 4 aromatic carbocycles. The number of benzene rings is 4. The van der Waals surface area contributed by atoms with Crippen molar-refractivity contribution >= 4 is 53.7 Å². The Hall–Kier alpha value is -6.92. The van der Waals surface area contributed by atoms with E-state index < -0.39 is 53.6 Å². The monoisotopic (exact) mass is 986 g/mol. The highest BCUT2D eigenvalue weighted by Gasteiger charge is 2.36. The van der Waals surface area contributed by atoms with Gasteiger partial charge >= 0.3 is 12.2 Å². The van der Waals surface area contributed by atoms with E-state index >= 15 is 0 Å². The minimum absolute atomic E-state index is 0.0115. The van der Waals surface area contributed by atoms with Gasteiger partial charge in [-0.2, -0.15) is 0 Å². The zero-order chi connectivity index (χ0) is 50.2. The van der Waals surface area contributed by atoms with Crippen LogP contribution in [0.25, 0.3) is 21.8 Å². The van der Waals surface area contributed by atoms with Gasteiger partial charge in [0.2, 0.25) is 0 Å². The van der Waals surface area contributed by atoms with Crippen molar-refractivity contribution in [2.24, 2.45) is 0 Å². The Morgan fingerprint density at radius 2 is 0.886 bits per heavy atom. The molecule has 0 radical (unpaired) electrons. The highest BCUT2D eigenvalue weighted by atomic mass is 32.2. The van der Waals surface area contributed by atoms with E-state index in [0.29, 0.717) is 70.3 Å². The third-order valence-electron chi connectivity index (χ3n) is 11.8. The van der Waals surface area contributed by atoms with Crippen LogP contribution in [-0.2, 0) is 55.1 Å². The van der Waals surface area contributed by atoms with Gasteiger partial charge in [0.05, 0.1) is 42.7 Å². The molecule has 0 bridgehead atoms. The molecule has 8 aromatic rings. The summed E-state index contributed by atoms with van der Waals surface area (Å²) < 4.78 is 75.8. The number of rotatable bonds is 15. The van der Waals surface area contributed by atoms with Crippen molar-refractivity contribution in [2.45, 2.75) is 126 Å². The molecule has 0 aliphatic heterocycles. The predicted molar refractivity (Wildman–Crippen MR) is 266 cm³/mol. The Morgan fingerprint density at radius 3 is 1.24 bits per heavy atom. The fourth-order valence-corrected chi connectivity index (χ4v) is 11.9. The normalized spacial score (nSPS) is 13.4. The second kappa shape index (κ2) is 19.5. The molecule has 0 N–H and O–H groups in total. The van der Waals surface area contributed by atoms with Gasteiger partial charge in [0.1, 0.15) is 11.2 Å². The van der Waals surface area contributed by atoms with Gasteiger partial charge in [0, 0.05) is 61.5 Å². The van der Waals surface area contributed by atoms with Gasteiger partial charge in [-0.1, -0.05) is 82.2 Å². The second-order valence-electron chi connectivity index (χ2n) is 19.7. The Balaban J connectivity index is 0.991. The van der Waals surface area contributed by atoms with Crippen molar-refractivity contribution in [2.75, 3.05) is 0 Å². The number of unbranched alkanes of at least 4 members (excludes halogenated alkanes) is 1. The van der Waals surface area contributed by atoms with Gasteiger partial charge in [0.15, 0.2) is 19.7 Å². The first-order valence-corrected chi connectivity index (χ1v) is 26.2. The molecule has 0 spiro atoms. The average Bonchev–Trinajstić information content (AvgIpc) is 4.11. The number of hydrogen-bond donors (Lipinski definition) is 0. The summed E-state index contributed by atoms with van der Waals surface area (Å²) in [5, 5.41) is 16.5. The van der Waals surface area contributed by atoms with Crippen LogP contribution in [0.3, 0.4) is 0 Å². The van der Waals surface area contributed by atoms with Crippen molar-refractivity contribution in [1.29, 1.82) is 0 Å². The smallest absolute Gasteiger partial charge is 0.419 e. The number of hydrogen-bond acceptors (Lipinski definition) is 12. The first-order valence-electron chi connectivity index (χ1n) is 23.1. The number of ether oxygens (including phenoxy) is 2. The van der Waals surface area contributed by atoms with Crippen LogP contribution >= 0.6 is 0 Å². The molecule has 8 rings (SSSR count). The molecule has 4 aromatic heterocycles. The number of carbonyl (C=O) groups is 2. The van der Waals surface area contributed by atoms with Crippen LogP contribution in [0.15, 0.2) is 132 Å². The molecule has 0 fully saturated rings. The standard InChI is InChI=1S/C52H58N8O8S2/c1-35-19-23-39(24-20-35)69(63,64)47(43-33-59(49(61)67-51(3,4)5)45-17-11-9-15-41(43)45)29-37-31-57(55-53-37)27-13-14-28-58-32-38(54-56-58)30-48(70(65,66)40-25-21-36(2)22-26-40)44-34-60(50(62)68-52(6,7)8)46-18-12-10-16-42(44)46/h9-12,15-26,31-34,47-48H,13-14,27-30H2,1-8H3. The van der Waals surface area contributed by atoms with Crippen molar-refractivity contribution in [3.8, 4) is 0 Å².